The number of non-ortho nitro benzene ring substituents is 1. The summed E-state index contributed by atoms with van der Waals surface area (Å²) in [7, 11) is -2.84. The summed E-state index contributed by atoms with van der Waals surface area (Å²) >= 11 is 5.98. The first-order valence-corrected chi connectivity index (χ1v) is 9.20. The zero-order chi connectivity index (χ0) is 19.5. The topological polar surface area (TPSA) is 110 Å². The Morgan fingerprint density at radius 3 is 2.58 bits per heavy atom. The van der Waals surface area contributed by atoms with Crippen molar-refractivity contribution in [1.82, 2.24) is 4.31 Å². The van der Waals surface area contributed by atoms with Crippen molar-refractivity contribution in [3.63, 3.8) is 0 Å². The van der Waals surface area contributed by atoms with Gasteiger partial charge in [-0.05, 0) is 30.7 Å². The molecule has 0 aliphatic rings. The minimum absolute atomic E-state index is 0.263. The molecular formula is C16H16ClN3O5S. The molecule has 2 aromatic rings. The smallest absolute Gasteiger partial charge is 0.270 e. The molecule has 0 radical (unpaired) electrons. The van der Waals surface area contributed by atoms with Crippen LogP contribution in [0.2, 0.25) is 5.02 Å². The minimum atomic E-state index is -4.06. The molecular weight excluding hydrogens is 382 g/mol. The number of sulfonamides is 1. The van der Waals surface area contributed by atoms with Crippen LogP contribution >= 0.6 is 11.6 Å². The maximum atomic E-state index is 12.5. The van der Waals surface area contributed by atoms with Crippen LogP contribution in [0.3, 0.4) is 0 Å². The summed E-state index contributed by atoms with van der Waals surface area (Å²) in [5.74, 6) is -0.563. The molecule has 0 unspecified atom stereocenters. The van der Waals surface area contributed by atoms with Crippen LogP contribution in [0, 0.1) is 17.0 Å². The van der Waals surface area contributed by atoms with Gasteiger partial charge >= 0.3 is 0 Å². The van der Waals surface area contributed by atoms with Gasteiger partial charge in [-0.2, -0.15) is 4.31 Å². The average Bonchev–Trinajstić information content (AvgIpc) is 2.59. The molecule has 0 aromatic heterocycles. The molecule has 0 saturated carbocycles. The zero-order valence-electron chi connectivity index (χ0n) is 14.0. The summed E-state index contributed by atoms with van der Waals surface area (Å²) in [6.07, 6.45) is 0. The number of nitrogens with one attached hydrogen (secondary N) is 1. The van der Waals surface area contributed by atoms with Crippen LogP contribution in [0.1, 0.15) is 5.56 Å². The Bertz CT molecular complexity index is 962. The second-order valence-electron chi connectivity index (χ2n) is 5.48. The van der Waals surface area contributed by atoms with E-state index in [4.69, 9.17) is 11.6 Å². The fraction of sp³-hybridized carbons (Fsp3) is 0.188. The Hall–Kier alpha value is -2.49. The second kappa shape index (κ2) is 7.81. The quantitative estimate of drug-likeness (QED) is 0.595. The van der Waals surface area contributed by atoms with E-state index >= 15 is 0 Å². The van der Waals surface area contributed by atoms with Crippen LogP contribution in [0.5, 0.6) is 0 Å². The van der Waals surface area contributed by atoms with Crippen molar-refractivity contribution in [3.05, 3.63) is 63.2 Å². The van der Waals surface area contributed by atoms with Crippen molar-refractivity contribution in [2.75, 3.05) is 18.9 Å². The van der Waals surface area contributed by atoms with E-state index in [0.717, 1.165) is 10.4 Å². The third-order valence-electron chi connectivity index (χ3n) is 3.64. The third kappa shape index (κ3) is 4.37. The lowest BCUT2D eigenvalue weighted by Gasteiger charge is -2.17. The molecule has 1 amide bonds. The van der Waals surface area contributed by atoms with E-state index in [-0.39, 0.29) is 10.6 Å². The lowest BCUT2D eigenvalue weighted by molar-refractivity contribution is -0.385. The maximum Gasteiger partial charge on any atom is 0.270 e. The number of nitro groups is 1. The van der Waals surface area contributed by atoms with Gasteiger partial charge in [-0.15, -0.1) is 0 Å². The lowest BCUT2D eigenvalue weighted by Crippen LogP contribution is -2.35. The largest absolute Gasteiger partial charge is 0.325 e. The first-order chi connectivity index (χ1) is 12.1. The van der Waals surface area contributed by atoms with E-state index in [9.17, 15) is 23.3 Å². The number of carbonyl (C=O) groups is 1. The SMILES string of the molecule is Cc1c(Cl)cccc1NC(=O)CN(C)S(=O)(=O)c1cccc([N+](=O)[O-])c1. The van der Waals surface area contributed by atoms with Gasteiger partial charge < -0.3 is 5.32 Å². The van der Waals surface area contributed by atoms with Gasteiger partial charge in [0.15, 0.2) is 0 Å². The van der Waals surface area contributed by atoms with Crippen molar-refractivity contribution < 1.29 is 18.1 Å². The van der Waals surface area contributed by atoms with Gasteiger partial charge in [0.05, 0.1) is 16.4 Å². The van der Waals surface area contributed by atoms with Crippen LogP contribution in [0.4, 0.5) is 11.4 Å². The van der Waals surface area contributed by atoms with Gasteiger partial charge in [-0.1, -0.05) is 23.7 Å². The summed E-state index contributed by atoms with van der Waals surface area (Å²) < 4.78 is 25.9. The molecule has 1 N–H and O–H groups in total. The van der Waals surface area contributed by atoms with E-state index in [1.807, 2.05) is 0 Å². The molecule has 26 heavy (non-hydrogen) atoms. The standard InChI is InChI=1S/C16H16ClN3O5S/c1-11-14(17)7-4-8-15(11)18-16(21)10-19(2)26(24,25)13-6-3-5-12(9-13)20(22)23/h3-9H,10H2,1-2H3,(H,18,21). The van der Waals surface area contributed by atoms with Crippen LogP contribution < -0.4 is 5.32 Å². The lowest BCUT2D eigenvalue weighted by atomic mass is 10.2. The molecule has 8 nitrogen and oxygen atoms in total. The fourth-order valence-electron chi connectivity index (χ4n) is 2.16. The molecule has 0 aliphatic heterocycles. The summed E-state index contributed by atoms with van der Waals surface area (Å²) in [4.78, 5) is 22.0. The molecule has 10 heteroatoms. The Labute approximate surface area is 155 Å². The molecule has 0 aliphatic carbocycles. The van der Waals surface area contributed by atoms with E-state index < -0.39 is 27.4 Å². The van der Waals surface area contributed by atoms with Crippen LogP contribution in [-0.4, -0.2) is 37.1 Å². The van der Waals surface area contributed by atoms with Gasteiger partial charge in [0.1, 0.15) is 0 Å². The van der Waals surface area contributed by atoms with Gasteiger partial charge in [0.2, 0.25) is 15.9 Å². The van der Waals surface area contributed by atoms with Crippen molar-refractivity contribution in [2.45, 2.75) is 11.8 Å². The zero-order valence-corrected chi connectivity index (χ0v) is 15.5. The number of amides is 1. The van der Waals surface area contributed by atoms with Gasteiger partial charge in [-0.3, -0.25) is 14.9 Å². The van der Waals surface area contributed by atoms with Crippen molar-refractivity contribution >= 4 is 38.9 Å². The number of anilines is 1. The van der Waals surface area contributed by atoms with E-state index in [1.165, 1.54) is 25.2 Å². The number of hydrogen-bond acceptors (Lipinski definition) is 5. The number of nitro benzene ring substituents is 1. The summed E-state index contributed by atoms with van der Waals surface area (Å²) in [6.45, 7) is 1.26. The third-order valence-corrected chi connectivity index (χ3v) is 5.85. The summed E-state index contributed by atoms with van der Waals surface area (Å²) in [6, 6.07) is 9.62. The highest BCUT2D eigenvalue weighted by molar-refractivity contribution is 7.89. The Morgan fingerprint density at radius 2 is 1.92 bits per heavy atom. The predicted octanol–water partition coefficient (Wildman–Crippen LogP) is 2.82. The number of likely N-dealkylation sites (N-methyl/N-ethyl adjacent to an activating group) is 1. The molecule has 2 rings (SSSR count). The number of benzene rings is 2. The summed E-state index contributed by atoms with van der Waals surface area (Å²) in [5, 5.41) is 13.9. The van der Waals surface area contributed by atoms with E-state index in [1.54, 1.807) is 25.1 Å². The summed E-state index contributed by atoms with van der Waals surface area (Å²) in [5.41, 5.74) is 0.786. The molecule has 0 atom stereocenters. The fourth-order valence-corrected chi connectivity index (χ4v) is 3.50. The van der Waals surface area contributed by atoms with Gasteiger partial charge in [0.25, 0.3) is 5.69 Å². The van der Waals surface area contributed by atoms with E-state index in [0.29, 0.717) is 16.3 Å². The van der Waals surface area contributed by atoms with Crippen LogP contribution in [-0.2, 0) is 14.8 Å². The Morgan fingerprint density at radius 1 is 1.27 bits per heavy atom. The normalized spacial score (nSPS) is 11.4. The molecule has 0 saturated heterocycles. The molecule has 0 spiro atoms. The van der Waals surface area contributed by atoms with Crippen molar-refractivity contribution in [1.29, 1.82) is 0 Å². The Kier molecular flexibility index (Phi) is 5.96. The Balaban J connectivity index is 2.16. The molecule has 0 fully saturated rings. The first-order valence-electron chi connectivity index (χ1n) is 7.38. The molecule has 138 valence electrons. The number of nitrogens with zero attached hydrogens (tertiary/aromatic N) is 2. The van der Waals surface area contributed by atoms with Gasteiger partial charge in [0, 0.05) is 29.9 Å². The number of rotatable bonds is 6. The highest BCUT2D eigenvalue weighted by Crippen LogP contribution is 2.23. The average molecular weight is 398 g/mol. The number of carbonyl (C=O) groups excluding carboxylic acids is 1. The van der Waals surface area contributed by atoms with Gasteiger partial charge in [-0.25, -0.2) is 8.42 Å². The minimum Gasteiger partial charge on any atom is -0.325 e. The van der Waals surface area contributed by atoms with Crippen LogP contribution in [0.25, 0.3) is 0 Å². The van der Waals surface area contributed by atoms with Crippen molar-refractivity contribution in [2.24, 2.45) is 0 Å². The van der Waals surface area contributed by atoms with Crippen molar-refractivity contribution in [3.8, 4) is 0 Å². The maximum absolute atomic E-state index is 12.5. The highest BCUT2D eigenvalue weighted by atomic mass is 35.5. The van der Waals surface area contributed by atoms with E-state index in [2.05, 4.69) is 5.32 Å². The molecule has 2 aromatic carbocycles. The number of halogens is 1. The monoisotopic (exact) mass is 397 g/mol. The molecule has 0 bridgehead atoms. The second-order valence-corrected chi connectivity index (χ2v) is 7.93. The highest BCUT2D eigenvalue weighted by Gasteiger charge is 2.25. The number of hydrogen-bond donors (Lipinski definition) is 1. The molecule has 0 heterocycles. The predicted molar refractivity (Wildman–Crippen MR) is 97.7 cm³/mol. The first kappa shape index (κ1) is 19.8. The van der Waals surface area contributed by atoms with Crippen LogP contribution in [0.15, 0.2) is 47.4 Å².